The Labute approximate surface area is 125 Å². The van der Waals surface area contributed by atoms with Crippen LogP contribution in [-0.4, -0.2) is 34.3 Å². The van der Waals surface area contributed by atoms with E-state index in [1.165, 1.54) is 24.6 Å². The van der Waals surface area contributed by atoms with Gasteiger partial charge < -0.3 is 5.32 Å². The molecular formula is C14H22N2O2S2. The lowest BCUT2D eigenvalue weighted by atomic mass is 9.96. The van der Waals surface area contributed by atoms with E-state index in [0.717, 1.165) is 24.4 Å². The number of piperidine rings is 1. The van der Waals surface area contributed by atoms with Gasteiger partial charge in [-0.15, -0.1) is 11.8 Å². The zero-order valence-electron chi connectivity index (χ0n) is 11.8. The molecule has 20 heavy (non-hydrogen) atoms. The highest BCUT2D eigenvalue weighted by Gasteiger charge is 2.19. The second-order valence-corrected chi connectivity index (χ2v) is 7.63. The van der Waals surface area contributed by atoms with E-state index in [-0.39, 0.29) is 0 Å². The molecule has 0 spiro atoms. The maximum atomic E-state index is 12.3. The molecule has 0 aromatic heterocycles. The molecule has 0 amide bonds. The molecule has 0 saturated carbocycles. The summed E-state index contributed by atoms with van der Waals surface area (Å²) in [5.41, 5.74) is 0. The van der Waals surface area contributed by atoms with Crippen LogP contribution < -0.4 is 10.0 Å². The fourth-order valence-corrected chi connectivity index (χ4v) is 4.68. The fraction of sp³-hybridized carbons (Fsp3) is 0.571. The number of sulfonamides is 1. The summed E-state index contributed by atoms with van der Waals surface area (Å²) in [5, 5.41) is 3.35. The molecular weight excluding hydrogens is 292 g/mol. The number of thioether (sulfide) groups is 1. The summed E-state index contributed by atoms with van der Waals surface area (Å²) in [6, 6.07) is 7.12. The van der Waals surface area contributed by atoms with Crippen LogP contribution in [0.3, 0.4) is 0 Å². The van der Waals surface area contributed by atoms with Crippen LogP contribution >= 0.6 is 11.8 Å². The molecule has 1 saturated heterocycles. The molecule has 1 unspecified atom stereocenters. The third-order valence-electron chi connectivity index (χ3n) is 3.60. The molecule has 2 rings (SSSR count). The quantitative estimate of drug-likeness (QED) is 0.789. The highest BCUT2D eigenvalue weighted by atomic mass is 32.2. The van der Waals surface area contributed by atoms with Crippen molar-refractivity contribution in [1.29, 1.82) is 0 Å². The molecule has 0 radical (unpaired) electrons. The predicted molar refractivity (Wildman–Crippen MR) is 83.6 cm³/mol. The van der Waals surface area contributed by atoms with Crippen molar-refractivity contribution in [2.75, 3.05) is 25.9 Å². The summed E-state index contributed by atoms with van der Waals surface area (Å²) in [7, 11) is -3.40. The number of hydrogen-bond acceptors (Lipinski definition) is 4. The number of rotatable bonds is 6. The molecule has 2 N–H and O–H groups in total. The van der Waals surface area contributed by atoms with Gasteiger partial charge in [0.25, 0.3) is 0 Å². The lowest BCUT2D eigenvalue weighted by molar-refractivity contribution is 0.358. The first kappa shape index (κ1) is 15.8. The van der Waals surface area contributed by atoms with Crippen LogP contribution in [0.4, 0.5) is 0 Å². The van der Waals surface area contributed by atoms with Gasteiger partial charge in [0.15, 0.2) is 0 Å². The van der Waals surface area contributed by atoms with Crippen molar-refractivity contribution in [1.82, 2.24) is 10.0 Å². The van der Waals surface area contributed by atoms with E-state index in [1.54, 1.807) is 12.1 Å². The van der Waals surface area contributed by atoms with Crippen molar-refractivity contribution in [3.63, 3.8) is 0 Å². The first-order valence-corrected chi connectivity index (χ1v) is 9.67. The average molecular weight is 314 g/mol. The molecule has 112 valence electrons. The summed E-state index contributed by atoms with van der Waals surface area (Å²) in [5.74, 6) is 0.585. The van der Waals surface area contributed by atoms with Gasteiger partial charge in [0.2, 0.25) is 10.0 Å². The van der Waals surface area contributed by atoms with Gasteiger partial charge in [-0.1, -0.05) is 12.1 Å². The Bertz CT molecular complexity index is 526. The zero-order valence-corrected chi connectivity index (χ0v) is 13.4. The fourth-order valence-electron chi connectivity index (χ4n) is 2.49. The average Bonchev–Trinajstić information content (AvgIpc) is 2.48. The van der Waals surface area contributed by atoms with Crippen LogP contribution in [0, 0.1) is 5.92 Å². The van der Waals surface area contributed by atoms with Crippen LogP contribution in [0.1, 0.15) is 19.3 Å². The molecule has 1 aromatic carbocycles. The predicted octanol–water partition coefficient (Wildman–Crippen LogP) is 2.08. The van der Waals surface area contributed by atoms with E-state index in [1.807, 2.05) is 18.4 Å². The Hall–Kier alpha value is -0.560. The molecule has 1 fully saturated rings. The van der Waals surface area contributed by atoms with Gasteiger partial charge in [-0.2, -0.15) is 0 Å². The van der Waals surface area contributed by atoms with Crippen molar-refractivity contribution >= 4 is 21.8 Å². The summed E-state index contributed by atoms with van der Waals surface area (Å²) >= 11 is 1.45. The second-order valence-electron chi connectivity index (χ2n) is 5.05. The van der Waals surface area contributed by atoms with Crippen LogP contribution in [0.15, 0.2) is 34.1 Å². The maximum absolute atomic E-state index is 12.3. The van der Waals surface area contributed by atoms with Crippen LogP contribution in [0.25, 0.3) is 0 Å². The van der Waals surface area contributed by atoms with Gasteiger partial charge in [0.1, 0.15) is 0 Å². The maximum Gasteiger partial charge on any atom is 0.241 e. The van der Waals surface area contributed by atoms with E-state index >= 15 is 0 Å². The lowest BCUT2D eigenvalue weighted by Gasteiger charge is -2.22. The van der Waals surface area contributed by atoms with Crippen molar-refractivity contribution < 1.29 is 8.42 Å². The highest BCUT2D eigenvalue weighted by Crippen LogP contribution is 2.24. The van der Waals surface area contributed by atoms with Crippen molar-refractivity contribution in [3.05, 3.63) is 24.3 Å². The molecule has 0 bridgehead atoms. The Morgan fingerprint density at radius 3 is 2.90 bits per heavy atom. The van der Waals surface area contributed by atoms with Crippen LogP contribution in [-0.2, 0) is 10.0 Å². The second kappa shape index (κ2) is 7.45. The normalized spacial score (nSPS) is 19.9. The Morgan fingerprint density at radius 2 is 2.20 bits per heavy atom. The van der Waals surface area contributed by atoms with E-state index in [0.29, 0.717) is 17.4 Å². The minimum Gasteiger partial charge on any atom is -0.316 e. The van der Waals surface area contributed by atoms with Crippen LogP contribution in [0.5, 0.6) is 0 Å². The van der Waals surface area contributed by atoms with Crippen molar-refractivity contribution in [2.24, 2.45) is 5.92 Å². The first-order chi connectivity index (χ1) is 9.63. The Balaban J connectivity index is 1.93. The number of nitrogens with one attached hydrogen (secondary N) is 2. The Kier molecular flexibility index (Phi) is 5.89. The molecule has 1 aliphatic rings. The van der Waals surface area contributed by atoms with Gasteiger partial charge in [-0.3, -0.25) is 0 Å². The lowest BCUT2D eigenvalue weighted by Crippen LogP contribution is -2.33. The molecule has 0 aliphatic carbocycles. The molecule has 6 heteroatoms. The summed E-state index contributed by atoms with van der Waals surface area (Å²) < 4.78 is 27.4. The SMILES string of the molecule is CSc1ccccc1S(=O)(=O)NCCC1CCCNC1. The smallest absolute Gasteiger partial charge is 0.241 e. The summed E-state index contributed by atoms with van der Waals surface area (Å²) in [6.45, 7) is 2.60. The van der Waals surface area contributed by atoms with Gasteiger partial charge in [0, 0.05) is 11.4 Å². The summed E-state index contributed by atoms with van der Waals surface area (Å²) in [4.78, 5) is 1.17. The monoisotopic (exact) mass is 314 g/mol. The van der Waals surface area contributed by atoms with E-state index < -0.39 is 10.0 Å². The third-order valence-corrected chi connectivity index (χ3v) is 6.05. The largest absolute Gasteiger partial charge is 0.316 e. The van der Waals surface area contributed by atoms with Crippen molar-refractivity contribution in [3.8, 4) is 0 Å². The van der Waals surface area contributed by atoms with Gasteiger partial charge in [-0.05, 0) is 56.7 Å². The van der Waals surface area contributed by atoms with Crippen molar-refractivity contribution in [2.45, 2.75) is 29.1 Å². The van der Waals surface area contributed by atoms with Gasteiger partial charge in [-0.25, -0.2) is 13.1 Å². The minimum absolute atomic E-state index is 0.384. The first-order valence-electron chi connectivity index (χ1n) is 6.97. The van der Waals surface area contributed by atoms with E-state index in [4.69, 9.17) is 0 Å². The number of hydrogen-bond donors (Lipinski definition) is 2. The van der Waals surface area contributed by atoms with Gasteiger partial charge in [0.05, 0.1) is 4.90 Å². The highest BCUT2D eigenvalue weighted by molar-refractivity contribution is 7.99. The zero-order chi connectivity index (χ0) is 14.4. The minimum atomic E-state index is -3.40. The Morgan fingerprint density at radius 1 is 1.40 bits per heavy atom. The molecule has 1 aromatic rings. The topological polar surface area (TPSA) is 58.2 Å². The van der Waals surface area contributed by atoms with Crippen LogP contribution in [0.2, 0.25) is 0 Å². The standard InChI is InChI=1S/C14H22N2O2S2/c1-19-13-6-2-3-7-14(13)20(17,18)16-10-8-12-5-4-9-15-11-12/h2-3,6-7,12,15-16H,4-5,8-11H2,1H3. The molecule has 1 aliphatic heterocycles. The summed E-state index contributed by atoms with van der Waals surface area (Å²) in [6.07, 6.45) is 5.17. The van der Waals surface area contributed by atoms with E-state index in [2.05, 4.69) is 10.0 Å². The van der Waals surface area contributed by atoms with Gasteiger partial charge >= 0.3 is 0 Å². The van der Waals surface area contributed by atoms with E-state index in [9.17, 15) is 8.42 Å². The third kappa shape index (κ3) is 4.22. The molecule has 4 nitrogen and oxygen atoms in total. The molecule has 1 atom stereocenters. The number of benzene rings is 1. The molecule has 1 heterocycles.